The fourth-order valence-electron chi connectivity index (χ4n) is 1.35. The van der Waals surface area contributed by atoms with Crippen molar-refractivity contribution in [3.8, 4) is 0 Å². The molecule has 0 bridgehead atoms. The second kappa shape index (κ2) is 4.44. The van der Waals surface area contributed by atoms with E-state index in [2.05, 4.69) is 4.98 Å². The lowest BCUT2D eigenvalue weighted by molar-refractivity contribution is -0.136. The van der Waals surface area contributed by atoms with Crippen LogP contribution >= 0.6 is 11.6 Å². The standard InChI is InChI=1S/C9H11ClN2O3/c1-5(2)12-6(4-8(13)14)3-7(10)11-9(12)15/h3,5H,4H2,1-2H3,(H,13,14). The number of halogens is 1. The van der Waals surface area contributed by atoms with Gasteiger partial charge in [-0.1, -0.05) is 11.6 Å². The molecule has 1 aromatic heterocycles. The van der Waals surface area contributed by atoms with Crippen molar-refractivity contribution in [2.24, 2.45) is 0 Å². The maximum atomic E-state index is 11.5. The number of carboxylic acid groups (broad SMARTS) is 1. The van der Waals surface area contributed by atoms with Gasteiger partial charge >= 0.3 is 11.7 Å². The normalized spacial score (nSPS) is 10.7. The molecular weight excluding hydrogens is 220 g/mol. The van der Waals surface area contributed by atoms with Gasteiger partial charge in [-0.15, -0.1) is 0 Å². The number of hydrogen-bond acceptors (Lipinski definition) is 3. The smallest absolute Gasteiger partial charge is 0.349 e. The van der Waals surface area contributed by atoms with Gasteiger partial charge in [-0.05, 0) is 19.9 Å². The Morgan fingerprint density at radius 2 is 2.27 bits per heavy atom. The predicted molar refractivity (Wildman–Crippen MR) is 55.2 cm³/mol. The van der Waals surface area contributed by atoms with Gasteiger partial charge in [-0.25, -0.2) is 4.79 Å². The largest absolute Gasteiger partial charge is 0.481 e. The van der Waals surface area contributed by atoms with E-state index in [1.165, 1.54) is 10.6 Å². The summed E-state index contributed by atoms with van der Waals surface area (Å²) >= 11 is 5.59. The Kier molecular flexibility index (Phi) is 3.47. The van der Waals surface area contributed by atoms with E-state index in [4.69, 9.17) is 16.7 Å². The molecule has 0 aliphatic heterocycles. The van der Waals surface area contributed by atoms with E-state index >= 15 is 0 Å². The molecule has 1 heterocycles. The van der Waals surface area contributed by atoms with Crippen LogP contribution in [0.3, 0.4) is 0 Å². The SMILES string of the molecule is CC(C)n1c(CC(=O)O)cc(Cl)nc1=O. The van der Waals surface area contributed by atoms with Gasteiger partial charge in [0.1, 0.15) is 5.15 Å². The molecule has 0 unspecified atom stereocenters. The third kappa shape index (κ3) is 2.79. The number of rotatable bonds is 3. The molecule has 0 aliphatic carbocycles. The van der Waals surface area contributed by atoms with Crippen LogP contribution in [0.1, 0.15) is 25.6 Å². The molecule has 5 nitrogen and oxygen atoms in total. The highest BCUT2D eigenvalue weighted by atomic mass is 35.5. The minimum atomic E-state index is -1.01. The van der Waals surface area contributed by atoms with Gasteiger partial charge in [0.2, 0.25) is 0 Å². The third-order valence-electron chi connectivity index (χ3n) is 1.85. The number of aliphatic carboxylic acids is 1. The molecule has 0 aromatic carbocycles. The van der Waals surface area contributed by atoms with Crippen LogP contribution < -0.4 is 5.69 Å². The monoisotopic (exact) mass is 230 g/mol. The van der Waals surface area contributed by atoms with Gasteiger partial charge in [0.25, 0.3) is 0 Å². The fourth-order valence-corrected chi connectivity index (χ4v) is 1.55. The Hall–Kier alpha value is -1.36. The van der Waals surface area contributed by atoms with E-state index in [1.807, 2.05) is 0 Å². The number of carbonyl (C=O) groups is 1. The molecule has 0 fully saturated rings. The Morgan fingerprint density at radius 3 is 2.73 bits per heavy atom. The molecule has 0 amide bonds. The van der Waals surface area contributed by atoms with E-state index in [9.17, 15) is 9.59 Å². The lowest BCUT2D eigenvalue weighted by Crippen LogP contribution is -2.28. The van der Waals surface area contributed by atoms with Crippen molar-refractivity contribution in [1.29, 1.82) is 0 Å². The molecule has 15 heavy (non-hydrogen) atoms. The number of aromatic nitrogens is 2. The molecule has 0 radical (unpaired) electrons. The van der Waals surface area contributed by atoms with E-state index in [-0.39, 0.29) is 17.6 Å². The summed E-state index contributed by atoms with van der Waals surface area (Å²) in [5, 5.41) is 8.70. The molecule has 0 aliphatic rings. The van der Waals surface area contributed by atoms with Crippen molar-refractivity contribution in [1.82, 2.24) is 9.55 Å². The van der Waals surface area contributed by atoms with Gasteiger partial charge in [0, 0.05) is 11.7 Å². The van der Waals surface area contributed by atoms with Crippen LogP contribution in [-0.2, 0) is 11.2 Å². The van der Waals surface area contributed by atoms with Crippen LogP contribution in [0.5, 0.6) is 0 Å². The molecule has 0 atom stereocenters. The minimum absolute atomic E-state index is 0.0214. The highest BCUT2D eigenvalue weighted by molar-refractivity contribution is 6.29. The lowest BCUT2D eigenvalue weighted by Gasteiger charge is -2.14. The predicted octanol–water partition coefficient (Wildman–Crippen LogP) is 1.10. The average molecular weight is 231 g/mol. The average Bonchev–Trinajstić information content (AvgIpc) is 1.99. The van der Waals surface area contributed by atoms with Crippen molar-refractivity contribution in [2.45, 2.75) is 26.3 Å². The quantitative estimate of drug-likeness (QED) is 0.790. The maximum Gasteiger partial charge on any atom is 0.349 e. The van der Waals surface area contributed by atoms with Gasteiger partial charge in [0.15, 0.2) is 0 Å². The first-order chi connectivity index (χ1) is 6.91. The molecule has 0 saturated heterocycles. The van der Waals surface area contributed by atoms with Crippen LogP contribution in [0.15, 0.2) is 10.9 Å². The first kappa shape index (κ1) is 11.7. The summed E-state index contributed by atoms with van der Waals surface area (Å²) in [5.41, 5.74) is -0.156. The zero-order chi connectivity index (χ0) is 11.6. The van der Waals surface area contributed by atoms with E-state index < -0.39 is 11.7 Å². The van der Waals surface area contributed by atoms with E-state index in [0.717, 1.165) is 0 Å². The molecule has 0 spiro atoms. The summed E-state index contributed by atoms with van der Waals surface area (Å²) in [5.74, 6) is -1.01. The van der Waals surface area contributed by atoms with Gasteiger partial charge in [0.05, 0.1) is 6.42 Å². The van der Waals surface area contributed by atoms with Crippen LogP contribution in [0.4, 0.5) is 0 Å². The van der Waals surface area contributed by atoms with Crippen LogP contribution in [0, 0.1) is 0 Å². The summed E-state index contributed by atoms with van der Waals surface area (Å²) < 4.78 is 1.32. The zero-order valence-corrected chi connectivity index (χ0v) is 9.15. The minimum Gasteiger partial charge on any atom is -0.481 e. The van der Waals surface area contributed by atoms with Gasteiger partial charge in [-0.2, -0.15) is 4.98 Å². The summed E-state index contributed by atoms with van der Waals surface area (Å²) in [4.78, 5) is 25.6. The Morgan fingerprint density at radius 1 is 1.67 bits per heavy atom. The fraction of sp³-hybridized carbons (Fsp3) is 0.444. The van der Waals surface area contributed by atoms with Crippen molar-refractivity contribution in [3.05, 3.63) is 27.4 Å². The van der Waals surface area contributed by atoms with Crippen molar-refractivity contribution >= 4 is 17.6 Å². The first-order valence-corrected chi connectivity index (χ1v) is 4.79. The topological polar surface area (TPSA) is 72.2 Å². The molecule has 6 heteroatoms. The number of carboxylic acids is 1. The first-order valence-electron chi connectivity index (χ1n) is 4.41. The van der Waals surface area contributed by atoms with Crippen molar-refractivity contribution < 1.29 is 9.90 Å². The second-order valence-corrected chi connectivity index (χ2v) is 3.77. The second-order valence-electron chi connectivity index (χ2n) is 3.39. The summed E-state index contributed by atoms with van der Waals surface area (Å²) in [6, 6.07) is 1.26. The summed E-state index contributed by atoms with van der Waals surface area (Å²) in [6.45, 7) is 3.56. The van der Waals surface area contributed by atoms with E-state index in [0.29, 0.717) is 5.69 Å². The molecule has 0 saturated carbocycles. The zero-order valence-electron chi connectivity index (χ0n) is 8.40. The number of hydrogen-bond donors (Lipinski definition) is 1. The molecule has 1 rings (SSSR count). The lowest BCUT2D eigenvalue weighted by atomic mass is 10.2. The molecule has 1 N–H and O–H groups in total. The highest BCUT2D eigenvalue weighted by Gasteiger charge is 2.12. The van der Waals surface area contributed by atoms with Crippen LogP contribution in [0.25, 0.3) is 0 Å². The van der Waals surface area contributed by atoms with Crippen molar-refractivity contribution in [2.75, 3.05) is 0 Å². The highest BCUT2D eigenvalue weighted by Crippen LogP contribution is 2.10. The third-order valence-corrected chi connectivity index (χ3v) is 2.05. The summed E-state index contributed by atoms with van der Waals surface area (Å²) in [7, 11) is 0. The van der Waals surface area contributed by atoms with Crippen LogP contribution in [0.2, 0.25) is 5.15 Å². The van der Waals surface area contributed by atoms with Crippen LogP contribution in [-0.4, -0.2) is 20.6 Å². The van der Waals surface area contributed by atoms with Gasteiger partial charge in [-0.3, -0.25) is 9.36 Å². The number of nitrogens with zero attached hydrogens (tertiary/aromatic N) is 2. The summed E-state index contributed by atoms with van der Waals surface area (Å²) in [6.07, 6.45) is -0.240. The molecular formula is C9H11ClN2O3. The Balaban J connectivity index is 3.33. The van der Waals surface area contributed by atoms with Gasteiger partial charge < -0.3 is 5.11 Å². The maximum absolute atomic E-state index is 11.5. The Labute approximate surface area is 91.3 Å². The Bertz CT molecular complexity index is 439. The van der Waals surface area contributed by atoms with E-state index in [1.54, 1.807) is 13.8 Å². The molecule has 82 valence electrons. The van der Waals surface area contributed by atoms with Crippen molar-refractivity contribution in [3.63, 3.8) is 0 Å². The molecule has 1 aromatic rings.